The van der Waals surface area contributed by atoms with Gasteiger partial charge in [0.15, 0.2) is 0 Å². The van der Waals surface area contributed by atoms with Gasteiger partial charge in [-0.25, -0.2) is 0 Å². The van der Waals surface area contributed by atoms with Gasteiger partial charge in [0, 0.05) is 19.6 Å². The molecule has 15 heavy (non-hydrogen) atoms. The molecule has 0 aliphatic carbocycles. The number of nitrogens with zero attached hydrogens (tertiary/aromatic N) is 1. The van der Waals surface area contributed by atoms with E-state index in [9.17, 15) is 9.90 Å². The van der Waals surface area contributed by atoms with Crippen LogP contribution in [-0.4, -0.2) is 47.2 Å². The molecule has 0 bridgehead atoms. The molecule has 1 amide bonds. The standard InChI is InChI=1S/C11H20N2O2/c1-4-6-12-10(14)9(2)13-7-5-11(3,15)8-13/h4,9,15H,1,5-8H2,2-3H3,(H,12,14). The fourth-order valence-electron chi connectivity index (χ4n) is 1.80. The molecule has 0 saturated carbocycles. The molecule has 1 aliphatic rings. The first-order valence-corrected chi connectivity index (χ1v) is 5.31. The number of carbonyl (C=O) groups is 1. The van der Waals surface area contributed by atoms with Crippen LogP contribution in [0.15, 0.2) is 12.7 Å². The third-order valence-electron chi connectivity index (χ3n) is 2.83. The summed E-state index contributed by atoms with van der Waals surface area (Å²) in [5, 5.41) is 12.5. The number of rotatable bonds is 4. The van der Waals surface area contributed by atoms with Crippen LogP contribution in [0.4, 0.5) is 0 Å². The number of aliphatic hydroxyl groups is 1. The topological polar surface area (TPSA) is 52.6 Å². The van der Waals surface area contributed by atoms with E-state index >= 15 is 0 Å². The molecule has 2 atom stereocenters. The smallest absolute Gasteiger partial charge is 0.237 e. The first-order chi connectivity index (χ1) is 6.96. The average molecular weight is 212 g/mol. The zero-order valence-electron chi connectivity index (χ0n) is 9.49. The minimum atomic E-state index is -0.646. The predicted octanol–water partition coefficient (Wildman–Crippen LogP) is 0.134. The molecule has 1 rings (SSSR count). The van der Waals surface area contributed by atoms with Gasteiger partial charge in [0.25, 0.3) is 0 Å². The second kappa shape index (κ2) is 4.77. The van der Waals surface area contributed by atoms with Gasteiger partial charge >= 0.3 is 0 Å². The molecule has 0 aromatic rings. The first-order valence-electron chi connectivity index (χ1n) is 5.31. The number of amides is 1. The van der Waals surface area contributed by atoms with Crippen LogP contribution in [0.5, 0.6) is 0 Å². The number of hydrogen-bond donors (Lipinski definition) is 2. The summed E-state index contributed by atoms with van der Waals surface area (Å²) in [7, 11) is 0. The normalized spacial score (nSPS) is 28.7. The number of likely N-dealkylation sites (tertiary alicyclic amines) is 1. The summed E-state index contributed by atoms with van der Waals surface area (Å²) < 4.78 is 0. The number of nitrogens with one attached hydrogen (secondary N) is 1. The molecule has 86 valence electrons. The molecule has 2 N–H and O–H groups in total. The lowest BCUT2D eigenvalue weighted by Gasteiger charge is -2.24. The van der Waals surface area contributed by atoms with Crippen LogP contribution in [0.2, 0.25) is 0 Å². The second-order valence-electron chi connectivity index (χ2n) is 4.43. The van der Waals surface area contributed by atoms with Crippen molar-refractivity contribution < 1.29 is 9.90 Å². The van der Waals surface area contributed by atoms with Crippen LogP contribution in [0.3, 0.4) is 0 Å². The maximum Gasteiger partial charge on any atom is 0.237 e. The van der Waals surface area contributed by atoms with E-state index in [-0.39, 0.29) is 11.9 Å². The maximum atomic E-state index is 11.6. The molecular weight excluding hydrogens is 192 g/mol. The van der Waals surface area contributed by atoms with Crippen molar-refractivity contribution in [2.24, 2.45) is 0 Å². The van der Waals surface area contributed by atoms with Crippen molar-refractivity contribution in [1.29, 1.82) is 0 Å². The van der Waals surface area contributed by atoms with Crippen molar-refractivity contribution in [2.75, 3.05) is 19.6 Å². The Bertz CT molecular complexity index is 251. The molecule has 1 fully saturated rings. The Morgan fingerprint density at radius 3 is 2.93 bits per heavy atom. The summed E-state index contributed by atoms with van der Waals surface area (Å²) in [6.07, 6.45) is 2.39. The van der Waals surface area contributed by atoms with Crippen LogP contribution < -0.4 is 5.32 Å². The van der Waals surface area contributed by atoms with Crippen molar-refractivity contribution >= 4 is 5.91 Å². The van der Waals surface area contributed by atoms with Crippen LogP contribution >= 0.6 is 0 Å². The molecule has 0 radical (unpaired) electrons. The lowest BCUT2D eigenvalue weighted by Crippen LogP contribution is -2.45. The van der Waals surface area contributed by atoms with E-state index in [1.165, 1.54) is 0 Å². The first kappa shape index (κ1) is 12.2. The molecule has 4 nitrogen and oxygen atoms in total. The molecule has 2 unspecified atom stereocenters. The molecule has 4 heteroatoms. The van der Waals surface area contributed by atoms with Crippen molar-refractivity contribution in [3.8, 4) is 0 Å². The zero-order valence-corrected chi connectivity index (χ0v) is 9.49. The van der Waals surface area contributed by atoms with Gasteiger partial charge in [0.2, 0.25) is 5.91 Å². The van der Waals surface area contributed by atoms with E-state index in [0.717, 1.165) is 13.0 Å². The van der Waals surface area contributed by atoms with E-state index in [1.807, 2.05) is 11.8 Å². The fourth-order valence-corrected chi connectivity index (χ4v) is 1.80. The summed E-state index contributed by atoms with van der Waals surface area (Å²) in [6.45, 7) is 9.04. The van der Waals surface area contributed by atoms with Gasteiger partial charge in [-0.1, -0.05) is 6.08 Å². The van der Waals surface area contributed by atoms with E-state index in [1.54, 1.807) is 13.0 Å². The Balaban J connectivity index is 2.44. The van der Waals surface area contributed by atoms with Gasteiger partial charge in [-0.05, 0) is 20.3 Å². The maximum absolute atomic E-state index is 11.6. The quantitative estimate of drug-likeness (QED) is 0.651. The Hall–Kier alpha value is -0.870. The summed E-state index contributed by atoms with van der Waals surface area (Å²) in [5.41, 5.74) is -0.646. The zero-order chi connectivity index (χ0) is 11.5. The Morgan fingerprint density at radius 1 is 1.80 bits per heavy atom. The van der Waals surface area contributed by atoms with E-state index < -0.39 is 5.60 Å². The van der Waals surface area contributed by atoms with Gasteiger partial charge in [0.05, 0.1) is 11.6 Å². The average Bonchev–Trinajstić information content (AvgIpc) is 2.54. The van der Waals surface area contributed by atoms with Crippen LogP contribution in [0.1, 0.15) is 20.3 Å². The minimum Gasteiger partial charge on any atom is -0.389 e. The van der Waals surface area contributed by atoms with E-state index in [0.29, 0.717) is 13.1 Å². The summed E-state index contributed by atoms with van der Waals surface area (Å²) in [4.78, 5) is 13.6. The Morgan fingerprint density at radius 2 is 2.47 bits per heavy atom. The van der Waals surface area contributed by atoms with Gasteiger partial charge < -0.3 is 10.4 Å². The molecule has 0 aromatic carbocycles. The summed E-state index contributed by atoms with van der Waals surface area (Å²) in [6, 6.07) is -0.182. The largest absolute Gasteiger partial charge is 0.389 e. The highest BCUT2D eigenvalue weighted by Gasteiger charge is 2.35. The Labute approximate surface area is 91.0 Å². The predicted molar refractivity (Wildman–Crippen MR) is 59.5 cm³/mol. The molecule has 1 aliphatic heterocycles. The summed E-state index contributed by atoms with van der Waals surface area (Å²) in [5.74, 6) is -0.00685. The number of hydrogen-bond acceptors (Lipinski definition) is 3. The summed E-state index contributed by atoms with van der Waals surface area (Å²) >= 11 is 0. The minimum absolute atomic E-state index is 0.00685. The molecule has 1 heterocycles. The fraction of sp³-hybridized carbons (Fsp3) is 0.727. The Kier molecular flexibility index (Phi) is 3.88. The third kappa shape index (κ3) is 3.32. The third-order valence-corrected chi connectivity index (χ3v) is 2.83. The lowest BCUT2D eigenvalue weighted by molar-refractivity contribution is -0.125. The molecule has 1 saturated heterocycles. The highest BCUT2D eigenvalue weighted by Crippen LogP contribution is 2.21. The van der Waals surface area contributed by atoms with Gasteiger partial charge in [0.1, 0.15) is 0 Å². The molecule has 0 spiro atoms. The van der Waals surface area contributed by atoms with E-state index in [4.69, 9.17) is 0 Å². The van der Waals surface area contributed by atoms with Crippen molar-refractivity contribution in [3.63, 3.8) is 0 Å². The van der Waals surface area contributed by atoms with Gasteiger partial charge in [-0.3, -0.25) is 9.69 Å². The second-order valence-corrected chi connectivity index (χ2v) is 4.43. The monoisotopic (exact) mass is 212 g/mol. The van der Waals surface area contributed by atoms with Crippen LogP contribution in [-0.2, 0) is 4.79 Å². The van der Waals surface area contributed by atoms with Crippen molar-refractivity contribution in [1.82, 2.24) is 10.2 Å². The molecular formula is C11H20N2O2. The number of carbonyl (C=O) groups excluding carboxylic acids is 1. The number of β-amino-alcohol motifs (C(OH)–C–C–N with tert-alkyl or cyclic N) is 1. The van der Waals surface area contributed by atoms with Crippen LogP contribution in [0, 0.1) is 0 Å². The SMILES string of the molecule is C=CCNC(=O)C(C)N1CCC(C)(O)C1. The van der Waals surface area contributed by atoms with Crippen molar-refractivity contribution in [3.05, 3.63) is 12.7 Å². The van der Waals surface area contributed by atoms with Gasteiger partial charge in [-0.2, -0.15) is 0 Å². The highest BCUT2D eigenvalue weighted by molar-refractivity contribution is 5.81. The van der Waals surface area contributed by atoms with Crippen LogP contribution in [0.25, 0.3) is 0 Å². The van der Waals surface area contributed by atoms with E-state index in [2.05, 4.69) is 11.9 Å². The van der Waals surface area contributed by atoms with Gasteiger partial charge in [-0.15, -0.1) is 6.58 Å². The lowest BCUT2D eigenvalue weighted by atomic mass is 10.1. The molecule has 0 aromatic heterocycles. The highest BCUT2D eigenvalue weighted by atomic mass is 16.3. The van der Waals surface area contributed by atoms with Crippen molar-refractivity contribution in [2.45, 2.75) is 31.9 Å².